The minimum Gasteiger partial charge on any atom is -0.356 e. The molecule has 0 aromatic heterocycles. The third kappa shape index (κ3) is 7.54. The summed E-state index contributed by atoms with van der Waals surface area (Å²) in [5, 5.41) is 2.82. The van der Waals surface area contributed by atoms with Gasteiger partial charge in [-0.2, -0.15) is 0 Å². The lowest BCUT2D eigenvalue weighted by atomic mass is 10.1. The maximum atomic E-state index is 10.9. The molecular weight excluding hydrogens is 152 g/mol. The third-order valence-electron chi connectivity index (χ3n) is 1.65. The molecule has 0 aliphatic rings. The molecular formula is C9H20N2O. The zero-order chi connectivity index (χ0) is 9.40. The molecule has 3 N–H and O–H groups in total. The number of hydrogen-bond donors (Lipinski definition) is 2. The van der Waals surface area contributed by atoms with Gasteiger partial charge in [-0.05, 0) is 18.8 Å². The van der Waals surface area contributed by atoms with E-state index in [1.165, 1.54) is 6.42 Å². The number of nitrogens with two attached hydrogens (primary N) is 1. The summed E-state index contributed by atoms with van der Waals surface area (Å²) in [6, 6.07) is 0. The molecule has 0 atom stereocenters. The van der Waals surface area contributed by atoms with Gasteiger partial charge in [0.2, 0.25) is 5.91 Å². The van der Waals surface area contributed by atoms with E-state index in [1.807, 2.05) is 0 Å². The first-order chi connectivity index (χ1) is 5.66. The van der Waals surface area contributed by atoms with Crippen molar-refractivity contribution in [1.82, 2.24) is 5.32 Å². The molecule has 3 heteroatoms. The summed E-state index contributed by atoms with van der Waals surface area (Å²) in [6.45, 7) is 5.59. The molecule has 0 bridgehead atoms. The summed E-state index contributed by atoms with van der Waals surface area (Å²) in [6.07, 6.45) is 2.68. The van der Waals surface area contributed by atoms with E-state index in [0.29, 0.717) is 13.0 Å². The highest BCUT2D eigenvalue weighted by Gasteiger charge is 1.98. The van der Waals surface area contributed by atoms with Gasteiger partial charge in [-0.3, -0.25) is 4.79 Å². The Labute approximate surface area is 74.7 Å². The number of rotatable bonds is 6. The van der Waals surface area contributed by atoms with E-state index in [1.54, 1.807) is 0 Å². The van der Waals surface area contributed by atoms with Gasteiger partial charge >= 0.3 is 0 Å². The van der Waals surface area contributed by atoms with E-state index in [4.69, 9.17) is 5.73 Å². The van der Waals surface area contributed by atoms with Crippen LogP contribution in [0.15, 0.2) is 0 Å². The average Bonchev–Trinajstić information content (AvgIpc) is 1.98. The van der Waals surface area contributed by atoms with Gasteiger partial charge in [-0.25, -0.2) is 0 Å². The van der Waals surface area contributed by atoms with E-state index < -0.39 is 0 Å². The minimum atomic E-state index is 0.0706. The van der Waals surface area contributed by atoms with Gasteiger partial charge < -0.3 is 11.1 Å². The monoisotopic (exact) mass is 172 g/mol. The van der Waals surface area contributed by atoms with Gasteiger partial charge in [0.25, 0.3) is 0 Å². The fourth-order valence-corrected chi connectivity index (χ4v) is 0.958. The molecule has 0 spiro atoms. The summed E-state index contributed by atoms with van der Waals surface area (Å²) >= 11 is 0. The molecule has 0 aromatic carbocycles. The molecule has 0 rings (SSSR count). The van der Waals surface area contributed by atoms with Crippen molar-refractivity contribution in [3.63, 3.8) is 0 Å². The van der Waals surface area contributed by atoms with Crippen molar-refractivity contribution in [3.8, 4) is 0 Å². The van der Waals surface area contributed by atoms with E-state index in [2.05, 4.69) is 19.2 Å². The lowest BCUT2D eigenvalue weighted by molar-refractivity contribution is -0.120. The van der Waals surface area contributed by atoms with Crippen molar-refractivity contribution < 1.29 is 4.79 Å². The maximum Gasteiger partial charge on any atom is 0.221 e. The Morgan fingerprint density at radius 2 is 2.17 bits per heavy atom. The zero-order valence-electron chi connectivity index (χ0n) is 8.10. The predicted octanol–water partition coefficient (Wildman–Crippen LogP) is 0.888. The Morgan fingerprint density at radius 3 is 2.67 bits per heavy atom. The lowest BCUT2D eigenvalue weighted by Gasteiger charge is -2.05. The topological polar surface area (TPSA) is 55.1 Å². The van der Waals surface area contributed by atoms with Crippen LogP contribution < -0.4 is 11.1 Å². The first-order valence-electron chi connectivity index (χ1n) is 4.63. The van der Waals surface area contributed by atoms with Gasteiger partial charge in [-0.15, -0.1) is 0 Å². The molecule has 0 heterocycles. The molecule has 0 fully saturated rings. The minimum absolute atomic E-state index is 0.0706. The van der Waals surface area contributed by atoms with Crippen LogP contribution in [-0.2, 0) is 4.79 Å². The Bertz CT molecular complexity index is 124. The SMILES string of the molecule is CC(C)CCCNC(=O)CCN. The molecule has 72 valence electrons. The van der Waals surface area contributed by atoms with Crippen molar-refractivity contribution in [2.24, 2.45) is 11.7 Å². The van der Waals surface area contributed by atoms with Crippen LogP contribution in [0.4, 0.5) is 0 Å². The molecule has 0 saturated heterocycles. The molecule has 0 aliphatic carbocycles. The van der Waals surface area contributed by atoms with Gasteiger partial charge in [0, 0.05) is 19.5 Å². The smallest absolute Gasteiger partial charge is 0.221 e. The first kappa shape index (κ1) is 11.4. The molecule has 12 heavy (non-hydrogen) atoms. The zero-order valence-corrected chi connectivity index (χ0v) is 8.10. The van der Waals surface area contributed by atoms with E-state index in [-0.39, 0.29) is 5.91 Å². The van der Waals surface area contributed by atoms with E-state index in [0.717, 1.165) is 18.9 Å². The molecule has 0 aliphatic heterocycles. The number of nitrogens with one attached hydrogen (secondary N) is 1. The van der Waals surface area contributed by atoms with E-state index in [9.17, 15) is 4.79 Å². The van der Waals surface area contributed by atoms with Gasteiger partial charge in [0.05, 0.1) is 0 Å². The standard InChI is InChI=1S/C9H20N2O/c1-8(2)4-3-7-11-9(12)5-6-10/h8H,3-7,10H2,1-2H3,(H,11,12). The quantitative estimate of drug-likeness (QED) is 0.584. The fourth-order valence-electron chi connectivity index (χ4n) is 0.958. The highest BCUT2D eigenvalue weighted by Crippen LogP contribution is 2.01. The van der Waals surface area contributed by atoms with Gasteiger partial charge in [0.15, 0.2) is 0 Å². The Hall–Kier alpha value is -0.570. The Balaban J connectivity index is 3.14. The second-order valence-corrected chi connectivity index (χ2v) is 3.42. The largest absolute Gasteiger partial charge is 0.356 e. The van der Waals surface area contributed by atoms with Crippen molar-refractivity contribution >= 4 is 5.91 Å². The number of amides is 1. The van der Waals surface area contributed by atoms with Crippen LogP contribution in [0.5, 0.6) is 0 Å². The Kier molecular flexibility index (Phi) is 6.76. The summed E-state index contributed by atoms with van der Waals surface area (Å²) < 4.78 is 0. The molecule has 3 nitrogen and oxygen atoms in total. The highest BCUT2D eigenvalue weighted by molar-refractivity contribution is 5.75. The van der Waals surface area contributed by atoms with Crippen LogP contribution in [-0.4, -0.2) is 19.0 Å². The van der Waals surface area contributed by atoms with Crippen LogP contribution >= 0.6 is 0 Å². The van der Waals surface area contributed by atoms with Crippen LogP contribution in [0.2, 0.25) is 0 Å². The summed E-state index contributed by atoms with van der Waals surface area (Å²) in [5.41, 5.74) is 5.22. The number of carbonyl (C=O) groups is 1. The average molecular weight is 172 g/mol. The van der Waals surface area contributed by atoms with Crippen LogP contribution in [0.25, 0.3) is 0 Å². The van der Waals surface area contributed by atoms with Crippen LogP contribution in [0.3, 0.4) is 0 Å². The normalized spacial score (nSPS) is 10.3. The second kappa shape index (κ2) is 7.10. The second-order valence-electron chi connectivity index (χ2n) is 3.42. The summed E-state index contributed by atoms with van der Waals surface area (Å²) in [7, 11) is 0. The van der Waals surface area contributed by atoms with Crippen LogP contribution in [0.1, 0.15) is 33.1 Å². The molecule has 0 radical (unpaired) electrons. The number of hydrogen-bond acceptors (Lipinski definition) is 2. The van der Waals surface area contributed by atoms with E-state index >= 15 is 0 Å². The van der Waals surface area contributed by atoms with Crippen molar-refractivity contribution in [2.75, 3.05) is 13.1 Å². The molecule has 0 unspecified atom stereocenters. The third-order valence-corrected chi connectivity index (χ3v) is 1.65. The number of carbonyl (C=O) groups excluding carboxylic acids is 1. The molecule has 0 saturated carbocycles. The predicted molar refractivity (Wildman–Crippen MR) is 50.8 cm³/mol. The highest BCUT2D eigenvalue weighted by atomic mass is 16.1. The van der Waals surface area contributed by atoms with Gasteiger partial charge in [0.1, 0.15) is 0 Å². The molecule has 1 amide bonds. The lowest BCUT2D eigenvalue weighted by Crippen LogP contribution is -2.26. The van der Waals surface area contributed by atoms with Crippen LogP contribution in [0, 0.1) is 5.92 Å². The maximum absolute atomic E-state index is 10.9. The van der Waals surface area contributed by atoms with Crippen molar-refractivity contribution in [3.05, 3.63) is 0 Å². The summed E-state index contributed by atoms with van der Waals surface area (Å²) in [4.78, 5) is 10.9. The summed E-state index contributed by atoms with van der Waals surface area (Å²) in [5.74, 6) is 0.790. The van der Waals surface area contributed by atoms with Crippen molar-refractivity contribution in [1.29, 1.82) is 0 Å². The van der Waals surface area contributed by atoms with Crippen molar-refractivity contribution in [2.45, 2.75) is 33.1 Å². The Morgan fingerprint density at radius 1 is 1.50 bits per heavy atom. The molecule has 0 aromatic rings. The van der Waals surface area contributed by atoms with Gasteiger partial charge in [-0.1, -0.05) is 13.8 Å². The first-order valence-corrected chi connectivity index (χ1v) is 4.63. The fraction of sp³-hybridized carbons (Fsp3) is 0.889.